The van der Waals surface area contributed by atoms with E-state index in [4.69, 9.17) is 5.11 Å². The minimum atomic E-state index is -0.732. The Morgan fingerprint density at radius 3 is 2.55 bits per heavy atom. The van der Waals surface area contributed by atoms with Gasteiger partial charge in [-0.05, 0) is 37.7 Å². The number of carbonyl (C=O) groups is 2. The molecule has 20 heavy (non-hydrogen) atoms. The van der Waals surface area contributed by atoms with Gasteiger partial charge in [0.05, 0.1) is 5.92 Å². The highest BCUT2D eigenvalue weighted by Gasteiger charge is 2.26. The molecule has 0 radical (unpaired) electrons. The van der Waals surface area contributed by atoms with Gasteiger partial charge in [0.2, 0.25) is 0 Å². The maximum absolute atomic E-state index is 11.8. The van der Waals surface area contributed by atoms with Gasteiger partial charge in [-0.1, -0.05) is 0 Å². The first kappa shape index (κ1) is 14.2. The number of aromatic amines is 1. The molecule has 1 saturated carbocycles. The number of aromatic nitrogens is 2. The Bertz CT molecular complexity index is 526. The Balaban J connectivity index is 1.78. The largest absolute Gasteiger partial charge is 0.481 e. The van der Waals surface area contributed by atoms with Crippen LogP contribution >= 0.6 is 0 Å². The fourth-order valence-electron chi connectivity index (χ4n) is 2.41. The maximum atomic E-state index is 11.8. The van der Waals surface area contributed by atoms with Gasteiger partial charge < -0.3 is 10.4 Å². The third kappa shape index (κ3) is 3.66. The van der Waals surface area contributed by atoms with Crippen LogP contribution in [0.3, 0.4) is 0 Å². The molecule has 1 heterocycles. The Labute approximate surface area is 115 Å². The number of carboxylic acids is 1. The molecule has 0 unspecified atom stereocenters. The number of nitrogens with zero attached hydrogens (tertiary/aromatic N) is 1. The molecule has 1 aromatic heterocycles. The lowest BCUT2D eigenvalue weighted by atomic mass is 9.82. The summed E-state index contributed by atoms with van der Waals surface area (Å²) in [6.45, 7) is 0.506. The number of rotatable bonds is 4. The van der Waals surface area contributed by atoms with E-state index in [2.05, 4.69) is 15.5 Å². The lowest BCUT2D eigenvalue weighted by molar-refractivity contribution is -0.143. The quantitative estimate of drug-likeness (QED) is 0.738. The molecular weight excluding hydrogens is 262 g/mol. The second kappa shape index (κ2) is 6.31. The molecule has 0 atom stereocenters. The van der Waals surface area contributed by atoms with E-state index >= 15 is 0 Å². The van der Waals surface area contributed by atoms with Gasteiger partial charge in [0.15, 0.2) is 0 Å². The predicted molar refractivity (Wildman–Crippen MR) is 70.3 cm³/mol. The zero-order valence-electron chi connectivity index (χ0n) is 11.0. The number of aliphatic carboxylic acids is 1. The van der Waals surface area contributed by atoms with Crippen LogP contribution in [0.15, 0.2) is 16.9 Å². The molecule has 1 amide bonds. The van der Waals surface area contributed by atoms with Gasteiger partial charge in [0.25, 0.3) is 11.5 Å². The molecule has 0 saturated heterocycles. The summed E-state index contributed by atoms with van der Waals surface area (Å²) in [5.74, 6) is -1.01. The lowest BCUT2D eigenvalue weighted by Crippen LogP contribution is -2.33. The average molecular weight is 279 g/mol. The van der Waals surface area contributed by atoms with Crippen molar-refractivity contribution in [1.82, 2.24) is 15.5 Å². The standard InChI is InChI=1S/C13H17N3O4/c17-11-6-5-10(15-16-11)12(18)14-7-8-1-3-9(4-2-8)13(19)20/h5-6,8-9H,1-4,7H2,(H,14,18)(H,16,17)(H,19,20). The number of carboxylic acid groups (broad SMARTS) is 1. The van der Waals surface area contributed by atoms with Crippen molar-refractivity contribution in [1.29, 1.82) is 0 Å². The molecule has 0 bridgehead atoms. The molecule has 108 valence electrons. The van der Waals surface area contributed by atoms with Gasteiger partial charge >= 0.3 is 5.97 Å². The molecule has 1 aromatic rings. The Morgan fingerprint density at radius 1 is 1.30 bits per heavy atom. The summed E-state index contributed by atoms with van der Waals surface area (Å²) < 4.78 is 0. The van der Waals surface area contributed by atoms with Crippen LogP contribution in [-0.4, -0.2) is 33.7 Å². The maximum Gasteiger partial charge on any atom is 0.306 e. The number of hydrogen-bond donors (Lipinski definition) is 3. The zero-order valence-corrected chi connectivity index (χ0v) is 11.0. The Kier molecular flexibility index (Phi) is 4.49. The summed E-state index contributed by atoms with van der Waals surface area (Å²) in [4.78, 5) is 33.5. The van der Waals surface area contributed by atoms with Gasteiger partial charge in [0, 0.05) is 12.6 Å². The van der Waals surface area contributed by atoms with Gasteiger partial charge in [0.1, 0.15) is 5.69 Å². The molecule has 7 nitrogen and oxygen atoms in total. The minimum Gasteiger partial charge on any atom is -0.481 e. The molecule has 1 fully saturated rings. The molecule has 3 N–H and O–H groups in total. The first-order valence-electron chi connectivity index (χ1n) is 6.63. The number of nitrogens with one attached hydrogen (secondary N) is 2. The van der Waals surface area contributed by atoms with E-state index in [0.717, 1.165) is 12.8 Å². The van der Waals surface area contributed by atoms with Gasteiger partial charge in [-0.2, -0.15) is 5.10 Å². The summed E-state index contributed by atoms with van der Waals surface area (Å²) in [6, 6.07) is 2.62. The van der Waals surface area contributed by atoms with Crippen LogP contribution in [0, 0.1) is 11.8 Å². The van der Waals surface area contributed by atoms with Crippen LogP contribution in [0.2, 0.25) is 0 Å². The van der Waals surface area contributed by atoms with Gasteiger partial charge in [-0.15, -0.1) is 0 Å². The van der Waals surface area contributed by atoms with E-state index < -0.39 is 5.97 Å². The highest BCUT2D eigenvalue weighted by atomic mass is 16.4. The second-order valence-electron chi connectivity index (χ2n) is 5.07. The summed E-state index contributed by atoms with van der Waals surface area (Å²) >= 11 is 0. The van der Waals surface area contributed by atoms with E-state index in [9.17, 15) is 14.4 Å². The molecule has 0 aromatic carbocycles. The lowest BCUT2D eigenvalue weighted by Gasteiger charge is -2.26. The topological polar surface area (TPSA) is 112 Å². The Hall–Kier alpha value is -2.18. The van der Waals surface area contributed by atoms with Crippen molar-refractivity contribution < 1.29 is 14.7 Å². The number of hydrogen-bond acceptors (Lipinski definition) is 4. The van der Waals surface area contributed by atoms with Gasteiger partial charge in [-0.3, -0.25) is 14.4 Å². The first-order chi connectivity index (χ1) is 9.56. The number of carbonyl (C=O) groups excluding carboxylic acids is 1. The van der Waals surface area contributed by atoms with Crippen LogP contribution < -0.4 is 10.9 Å². The summed E-state index contributed by atoms with van der Waals surface area (Å²) in [7, 11) is 0. The molecule has 1 aliphatic carbocycles. The molecule has 1 aliphatic rings. The van der Waals surface area contributed by atoms with Crippen molar-refractivity contribution in [2.75, 3.05) is 6.54 Å². The third-order valence-electron chi connectivity index (χ3n) is 3.66. The molecular formula is C13H17N3O4. The van der Waals surface area contributed by atoms with Crippen LogP contribution in [-0.2, 0) is 4.79 Å². The minimum absolute atomic E-state index is 0.170. The normalized spacial score (nSPS) is 22.2. The van der Waals surface area contributed by atoms with Crippen molar-refractivity contribution in [2.45, 2.75) is 25.7 Å². The fraction of sp³-hybridized carbons (Fsp3) is 0.538. The van der Waals surface area contributed by atoms with Crippen molar-refractivity contribution in [3.63, 3.8) is 0 Å². The van der Waals surface area contributed by atoms with E-state index in [1.807, 2.05) is 0 Å². The molecule has 0 aliphatic heterocycles. The number of amides is 1. The van der Waals surface area contributed by atoms with Crippen molar-refractivity contribution in [2.24, 2.45) is 11.8 Å². The predicted octanol–water partition coefficient (Wildman–Crippen LogP) is 0.391. The van der Waals surface area contributed by atoms with E-state index in [1.165, 1.54) is 12.1 Å². The Morgan fingerprint density at radius 2 is 2.00 bits per heavy atom. The smallest absolute Gasteiger partial charge is 0.306 e. The summed E-state index contributed by atoms with van der Waals surface area (Å²) in [6.07, 6.45) is 2.92. The van der Waals surface area contributed by atoms with Crippen molar-refractivity contribution >= 4 is 11.9 Å². The van der Waals surface area contributed by atoms with Crippen LogP contribution in [0.1, 0.15) is 36.2 Å². The van der Waals surface area contributed by atoms with E-state index in [0.29, 0.717) is 25.3 Å². The fourth-order valence-corrected chi connectivity index (χ4v) is 2.41. The highest BCUT2D eigenvalue weighted by molar-refractivity contribution is 5.91. The van der Waals surface area contributed by atoms with E-state index in [1.54, 1.807) is 0 Å². The first-order valence-corrected chi connectivity index (χ1v) is 6.63. The highest BCUT2D eigenvalue weighted by Crippen LogP contribution is 2.28. The average Bonchev–Trinajstić information content (AvgIpc) is 2.46. The molecule has 0 spiro atoms. The SMILES string of the molecule is O=C(NCC1CCC(C(=O)O)CC1)c1ccc(=O)[nH]n1. The van der Waals surface area contributed by atoms with Crippen LogP contribution in [0.4, 0.5) is 0 Å². The van der Waals surface area contributed by atoms with Crippen LogP contribution in [0.25, 0.3) is 0 Å². The van der Waals surface area contributed by atoms with E-state index in [-0.39, 0.29) is 23.1 Å². The third-order valence-corrected chi connectivity index (χ3v) is 3.66. The van der Waals surface area contributed by atoms with Crippen LogP contribution in [0.5, 0.6) is 0 Å². The monoisotopic (exact) mass is 279 g/mol. The zero-order chi connectivity index (χ0) is 14.5. The second-order valence-corrected chi connectivity index (χ2v) is 5.07. The van der Waals surface area contributed by atoms with Gasteiger partial charge in [-0.25, -0.2) is 5.10 Å². The summed E-state index contributed by atoms with van der Waals surface area (Å²) in [5, 5.41) is 17.5. The van der Waals surface area contributed by atoms with Crippen molar-refractivity contribution in [3.05, 3.63) is 28.2 Å². The molecule has 2 rings (SSSR count). The molecule has 7 heteroatoms. The van der Waals surface area contributed by atoms with Crippen molar-refractivity contribution in [3.8, 4) is 0 Å². The number of H-pyrrole nitrogens is 1. The summed E-state index contributed by atoms with van der Waals surface area (Å²) in [5.41, 5.74) is -0.183.